The minimum atomic E-state index is -3.44. The average molecular weight is 257 g/mol. The number of anilines is 1. The number of rotatable bonds is 3. The summed E-state index contributed by atoms with van der Waals surface area (Å²) in [5.74, 6) is 0. The third-order valence-electron chi connectivity index (χ3n) is 2.06. The fraction of sp³-hybridized carbons (Fsp3) is 0.100. The average Bonchev–Trinajstić information content (AvgIpc) is 2.28. The number of nitrogens with one attached hydrogen (secondary N) is 1. The number of hydrogen-bond acceptors (Lipinski definition) is 3. The van der Waals surface area contributed by atoms with Gasteiger partial charge in [-0.1, -0.05) is 6.07 Å². The van der Waals surface area contributed by atoms with Crippen molar-refractivity contribution in [3.63, 3.8) is 0 Å². The van der Waals surface area contributed by atoms with Crippen molar-refractivity contribution in [1.82, 2.24) is 4.98 Å². The number of aromatic nitrogens is 1. The van der Waals surface area contributed by atoms with Crippen LogP contribution in [0.25, 0.3) is 10.8 Å². The van der Waals surface area contributed by atoms with Gasteiger partial charge in [-0.15, -0.1) is 11.6 Å². The first-order chi connectivity index (χ1) is 7.61. The zero-order valence-corrected chi connectivity index (χ0v) is 9.79. The number of fused-ring (bicyclic) bond motifs is 1. The highest BCUT2D eigenvalue weighted by Crippen LogP contribution is 2.18. The van der Waals surface area contributed by atoms with Crippen molar-refractivity contribution in [3.05, 3.63) is 36.7 Å². The predicted octanol–water partition coefficient (Wildman–Crippen LogP) is 2.17. The topological polar surface area (TPSA) is 59.1 Å². The molecule has 0 atom stereocenters. The van der Waals surface area contributed by atoms with Gasteiger partial charge in [-0.2, -0.15) is 0 Å². The van der Waals surface area contributed by atoms with Crippen LogP contribution in [0.1, 0.15) is 0 Å². The van der Waals surface area contributed by atoms with E-state index < -0.39 is 15.2 Å². The second-order valence-electron chi connectivity index (χ2n) is 3.26. The van der Waals surface area contributed by atoms with Gasteiger partial charge in [0.2, 0.25) is 10.0 Å². The standard InChI is InChI=1S/C10H9ClN2O2S/c11-7-16(14,15)13-10-2-1-9-6-12-4-3-8(9)5-10/h1-6,13H,7H2. The molecule has 0 fully saturated rings. The lowest BCUT2D eigenvalue weighted by molar-refractivity contribution is 0.605. The van der Waals surface area contributed by atoms with Crippen molar-refractivity contribution in [2.75, 3.05) is 9.93 Å². The van der Waals surface area contributed by atoms with Crippen molar-refractivity contribution in [2.24, 2.45) is 0 Å². The van der Waals surface area contributed by atoms with Crippen molar-refractivity contribution in [2.45, 2.75) is 0 Å². The molecule has 84 valence electrons. The number of benzene rings is 1. The molecule has 0 aliphatic heterocycles. The highest BCUT2D eigenvalue weighted by atomic mass is 35.5. The first-order valence-corrected chi connectivity index (χ1v) is 6.70. The Kier molecular flexibility index (Phi) is 2.98. The van der Waals surface area contributed by atoms with Crippen LogP contribution in [-0.4, -0.2) is 18.6 Å². The summed E-state index contributed by atoms with van der Waals surface area (Å²) in [5.41, 5.74) is 0.499. The van der Waals surface area contributed by atoms with Crippen LogP contribution in [0.4, 0.5) is 5.69 Å². The monoisotopic (exact) mass is 256 g/mol. The lowest BCUT2D eigenvalue weighted by Gasteiger charge is -2.06. The van der Waals surface area contributed by atoms with E-state index in [-0.39, 0.29) is 0 Å². The quantitative estimate of drug-likeness (QED) is 0.857. The first kappa shape index (κ1) is 11.2. The minimum absolute atomic E-state index is 0.457. The Balaban J connectivity index is 2.40. The molecule has 0 unspecified atom stereocenters. The fourth-order valence-corrected chi connectivity index (χ4v) is 2.06. The number of hydrogen-bond donors (Lipinski definition) is 1. The molecular formula is C10H9ClN2O2S. The van der Waals surface area contributed by atoms with Crippen LogP contribution < -0.4 is 4.72 Å². The van der Waals surface area contributed by atoms with Crippen molar-refractivity contribution < 1.29 is 8.42 Å². The Morgan fingerprint density at radius 1 is 1.25 bits per heavy atom. The summed E-state index contributed by atoms with van der Waals surface area (Å²) >= 11 is 5.30. The molecule has 0 saturated carbocycles. The third-order valence-corrected chi connectivity index (χ3v) is 3.75. The van der Waals surface area contributed by atoms with E-state index in [4.69, 9.17) is 11.6 Å². The Hall–Kier alpha value is -1.33. The SMILES string of the molecule is O=S(=O)(CCl)Nc1ccc2cnccc2c1. The van der Waals surface area contributed by atoms with Crippen LogP contribution in [0, 0.1) is 0 Å². The Labute approximate surface area is 98.3 Å². The molecule has 2 rings (SSSR count). The Bertz CT molecular complexity index is 613. The number of halogens is 1. The lowest BCUT2D eigenvalue weighted by Crippen LogP contribution is -2.13. The van der Waals surface area contributed by atoms with E-state index in [0.717, 1.165) is 10.8 Å². The largest absolute Gasteiger partial charge is 0.283 e. The normalized spacial score (nSPS) is 11.6. The molecule has 0 aliphatic rings. The predicted molar refractivity (Wildman–Crippen MR) is 65.0 cm³/mol. The van der Waals surface area contributed by atoms with E-state index in [0.29, 0.717) is 5.69 Å². The van der Waals surface area contributed by atoms with Gasteiger partial charge in [-0.25, -0.2) is 8.42 Å². The molecule has 1 N–H and O–H groups in total. The van der Waals surface area contributed by atoms with Gasteiger partial charge in [-0.3, -0.25) is 9.71 Å². The van der Waals surface area contributed by atoms with Crippen molar-refractivity contribution >= 4 is 38.1 Å². The molecule has 0 amide bonds. The molecule has 0 radical (unpaired) electrons. The van der Waals surface area contributed by atoms with Crippen molar-refractivity contribution in [3.8, 4) is 0 Å². The zero-order valence-electron chi connectivity index (χ0n) is 8.22. The zero-order chi connectivity index (χ0) is 11.6. The number of sulfonamides is 1. The highest BCUT2D eigenvalue weighted by Gasteiger charge is 2.07. The van der Waals surface area contributed by atoms with Gasteiger partial charge in [0, 0.05) is 23.5 Å². The van der Waals surface area contributed by atoms with E-state index in [1.165, 1.54) is 0 Å². The van der Waals surface area contributed by atoms with Crippen LogP contribution in [0.5, 0.6) is 0 Å². The maximum absolute atomic E-state index is 11.2. The molecule has 0 bridgehead atoms. The lowest BCUT2D eigenvalue weighted by atomic mass is 10.2. The van der Waals surface area contributed by atoms with Crippen molar-refractivity contribution in [1.29, 1.82) is 0 Å². The molecule has 1 heterocycles. The summed E-state index contributed by atoms with van der Waals surface area (Å²) in [6.45, 7) is 0. The summed E-state index contributed by atoms with van der Waals surface area (Å²) < 4.78 is 24.9. The molecular weight excluding hydrogens is 248 g/mol. The van der Waals surface area contributed by atoms with E-state index in [9.17, 15) is 8.42 Å². The molecule has 2 aromatic rings. The molecule has 1 aromatic carbocycles. The van der Waals surface area contributed by atoms with Gasteiger partial charge < -0.3 is 0 Å². The third kappa shape index (κ3) is 2.43. The maximum Gasteiger partial charge on any atom is 0.246 e. The molecule has 4 nitrogen and oxygen atoms in total. The van der Waals surface area contributed by atoms with Crippen LogP contribution in [-0.2, 0) is 10.0 Å². The van der Waals surface area contributed by atoms with E-state index in [2.05, 4.69) is 9.71 Å². The molecule has 16 heavy (non-hydrogen) atoms. The molecule has 0 aliphatic carbocycles. The van der Waals surface area contributed by atoms with Gasteiger partial charge in [0.1, 0.15) is 5.21 Å². The number of alkyl halides is 1. The van der Waals surface area contributed by atoms with E-state index >= 15 is 0 Å². The maximum atomic E-state index is 11.2. The van der Waals surface area contributed by atoms with Gasteiger partial charge in [0.25, 0.3) is 0 Å². The number of nitrogens with zero attached hydrogens (tertiary/aromatic N) is 1. The van der Waals surface area contributed by atoms with Crippen LogP contribution in [0.3, 0.4) is 0 Å². The van der Waals surface area contributed by atoms with E-state index in [1.54, 1.807) is 30.6 Å². The van der Waals surface area contributed by atoms with Gasteiger partial charge in [-0.05, 0) is 23.6 Å². The van der Waals surface area contributed by atoms with Gasteiger partial charge in [0.15, 0.2) is 0 Å². The summed E-state index contributed by atoms with van der Waals surface area (Å²) in [5, 5.41) is 1.42. The summed E-state index contributed by atoms with van der Waals surface area (Å²) in [4.78, 5) is 3.97. The summed E-state index contributed by atoms with van der Waals surface area (Å²) in [7, 11) is -3.44. The van der Waals surface area contributed by atoms with Crippen LogP contribution in [0.2, 0.25) is 0 Å². The second kappa shape index (κ2) is 4.27. The summed E-state index contributed by atoms with van der Waals surface area (Å²) in [6.07, 6.45) is 3.37. The minimum Gasteiger partial charge on any atom is -0.283 e. The summed E-state index contributed by atoms with van der Waals surface area (Å²) in [6, 6.07) is 7.03. The Morgan fingerprint density at radius 3 is 2.81 bits per heavy atom. The van der Waals surface area contributed by atoms with Crippen LogP contribution in [0.15, 0.2) is 36.7 Å². The second-order valence-corrected chi connectivity index (χ2v) is 5.57. The van der Waals surface area contributed by atoms with Gasteiger partial charge in [0.05, 0.1) is 0 Å². The molecule has 1 aromatic heterocycles. The van der Waals surface area contributed by atoms with Crippen LogP contribution >= 0.6 is 11.6 Å². The first-order valence-electron chi connectivity index (χ1n) is 4.51. The van der Waals surface area contributed by atoms with Gasteiger partial charge >= 0.3 is 0 Å². The molecule has 0 spiro atoms. The highest BCUT2D eigenvalue weighted by molar-refractivity contribution is 7.93. The van der Waals surface area contributed by atoms with E-state index in [1.807, 2.05) is 6.07 Å². The molecule has 0 saturated heterocycles. The Morgan fingerprint density at radius 2 is 2.06 bits per heavy atom. The molecule has 6 heteroatoms. The number of pyridine rings is 1. The fourth-order valence-electron chi connectivity index (χ4n) is 1.35. The smallest absolute Gasteiger partial charge is 0.246 e.